The molecule has 0 bridgehead atoms. The van der Waals surface area contributed by atoms with Crippen molar-refractivity contribution in [1.82, 2.24) is 19.9 Å². The number of anilines is 2. The molecular weight excluding hydrogens is 304 g/mol. The van der Waals surface area contributed by atoms with Crippen LogP contribution in [0.3, 0.4) is 0 Å². The fourth-order valence-corrected chi connectivity index (χ4v) is 2.80. The van der Waals surface area contributed by atoms with Gasteiger partial charge in [-0.25, -0.2) is 4.98 Å². The Morgan fingerprint density at radius 2 is 2.25 bits per heavy atom. The largest absolute Gasteiger partial charge is 0.370 e. The maximum Gasteiger partial charge on any atom is 0.272 e. The van der Waals surface area contributed by atoms with Gasteiger partial charge < -0.3 is 16.0 Å². The molecular formula is C17H22N6O. The molecule has 1 amide bonds. The summed E-state index contributed by atoms with van der Waals surface area (Å²) in [5.74, 6) is 0.953. The van der Waals surface area contributed by atoms with Gasteiger partial charge in [-0.1, -0.05) is 19.4 Å². The van der Waals surface area contributed by atoms with Gasteiger partial charge in [0.1, 0.15) is 11.5 Å². The second-order valence-corrected chi connectivity index (χ2v) is 5.83. The number of hydrogen-bond donors (Lipinski definition) is 2. The van der Waals surface area contributed by atoms with Gasteiger partial charge in [0.15, 0.2) is 0 Å². The number of amides is 1. The quantitative estimate of drug-likeness (QED) is 0.814. The fourth-order valence-electron chi connectivity index (χ4n) is 2.80. The van der Waals surface area contributed by atoms with Crippen LogP contribution in [0.25, 0.3) is 0 Å². The van der Waals surface area contributed by atoms with Gasteiger partial charge in [0.25, 0.3) is 5.91 Å². The predicted octanol–water partition coefficient (Wildman–Crippen LogP) is 1.86. The second-order valence-electron chi connectivity index (χ2n) is 5.83. The van der Waals surface area contributed by atoms with Gasteiger partial charge in [0.2, 0.25) is 5.95 Å². The lowest BCUT2D eigenvalue weighted by atomic mass is 10.0. The molecule has 2 aromatic rings. The first-order chi connectivity index (χ1) is 11.7. The molecule has 0 radical (unpaired) electrons. The van der Waals surface area contributed by atoms with Crippen molar-refractivity contribution in [2.75, 3.05) is 24.1 Å². The van der Waals surface area contributed by atoms with Gasteiger partial charge in [-0.3, -0.25) is 9.78 Å². The standard InChI is InChI=1S/C17H22N6O/c1-2-3-8-20-15-12-7-10-23(11-14(12)21-17(18)22-15)16(24)13-6-4-5-9-19-13/h4-6,9H,2-3,7-8,10-11H2,1H3,(H3,18,20,21,22). The summed E-state index contributed by atoms with van der Waals surface area (Å²) >= 11 is 0. The first kappa shape index (κ1) is 16.2. The van der Waals surface area contributed by atoms with Crippen LogP contribution in [0.5, 0.6) is 0 Å². The van der Waals surface area contributed by atoms with E-state index in [1.165, 1.54) is 0 Å². The number of nitrogens with zero attached hydrogens (tertiary/aromatic N) is 4. The molecule has 126 valence electrons. The molecule has 3 N–H and O–H groups in total. The molecule has 3 rings (SSSR count). The smallest absolute Gasteiger partial charge is 0.272 e. The van der Waals surface area contributed by atoms with Crippen molar-refractivity contribution in [2.45, 2.75) is 32.7 Å². The Labute approximate surface area is 141 Å². The van der Waals surface area contributed by atoms with Gasteiger partial charge >= 0.3 is 0 Å². The molecule has 0 saturated carbocycles. The van der Waals surface area contributed by atoms with Crippen LogP contribution in [0.4, 0.5) is 11.8 Å². The highest BCUT2D eigenvalue weighted by atomic mass is 16.2. The third-order valence-corrected chi connectivity index (χ3v) is 4.08. The van der Waals surface area contributed by atoms with Crippen LogP contribution < -0.4 is 11.1 Å². The van der Waals surface area contributed by atoms with E-state index in [0.717, 1.165) is 36.5 Å². The van der Waals surface area contributed by atoms with Crippen molar-refractivity contribution in [3.63, 3.8) is 0 Å². The molecule has 7 nitrogen and oxygen atoms in total. The zero-order chi connectivity index (χ0) is 16.9. The van der Waals surface area contributed by atoms with Gasteiger partial charge in [-0.05, 0) is 25.0 Å². The molecule has 0 unspecified atom stereocenters. The van der Waals surface area contributed by atoms with Crippen LogP contribution in [-0.4, -0.2) is 38.8 Å². The van der Waals surface area contributed by atoms with E-state index in [4.69, 9.17) is 5.73 Å². The lowest BCUT2D eigenvalue weighted by Gasteiger charge is -2.29. The summed E-state index contributed by atoms with van der Waals surface area (Å²) in [4.78, 5) is 27.1. The second kappa shape index (κ2) is 7.25. The molecule has 0 atom stereocenters. The molecule has 3 heterocycles. The summed E-state index contributed by atoms with van der Waals surface area (Å²) in [7, 11) is 0. The van der Waals surface area contributed by atoms with Crippen LogP contribution >= 0.6 is 0 Å². The van der Waals surface area contributed by atoms with Crippen molar-refractivity contribution in [3.05, 3.63) is 41.3 Å². The van der Waals surface area contributed by atoms with E-state index in [9.17, 15) is 4.79 Å². The summed E-state index contributed by atoms with van der Waals surface area (Å²) < 4.78 is 0. The van der Waals surface area contributed by atoms with Gasteiger partial charge in [0, 0.05) is 24.8 Å². The molecule has 1 aliphatic rings. The number of hydrogen-bond acceptors (Lipinski definition) is 6. The van der Waals surface area contributed by atoms with E-state index in [0.29, 0.717) is 25.2 Å². The van der Waals surface area contributed by atoms with Gasteiger partial charge in [-0.2, -0.15) is 4.98 Å². The predicted molar refractivity (Wildman–Crippen MR) is 92.5 cm³/mol. The first-order valence-corrected chi connectivity index (χ1v) is 8.28. The number of carbonyl (C=O) groups is 1. The molecule has 0 fully saturated rings. The molecule has 24 heavy (non-hydrogen) atoms. The maximum absolute atomic E-state index is 12.6. The summed E-state index contributed by atoms with van der Waals surface area (Å²) in [6.45, 7) is 4.06. The first-order valence-electron chi connectivity index (χ1n) is 8.28. The molecule has 0 saturated heterocycles. The summed E-state index contributed by atoms with van der Waals surface area (Å²) in [6.07, 6.45) is 4.52. The van der Waals surface area contributed by atoms with Crippen molar-refractivity contribution in [2.24, 2.45) is 0 Å². The van der Waals surface area contributed by atoms with Crippen molar-refractivity contribution < 1.29 is 4.79 Å². The number of nitrogens with one attached hydrogen (secondary N) is 1. The van der Waals surface area contributed by atoms with Crippen LogP contribution in [0.1, 0.15) is 41.5 Å². The van der Waals surface area contributed by atoms with Crippen LogP contribution in [0, 0.1) is 0 Å². The van der Waals surface area contributed by atoms with E-state index < -0.39 is 0 Å². The van der Waals surface area contributed by atoms with Crippen molar-refractivity contribution in [3.8, 4) is 0 Å². The monoisotopic (exact) mass is 326 g/mol. The van der Waals surface area contributed by atoms with Gasteiger partial charge in [-0.15, -0.1) is 0 Å². The highest BCUT2D eigenvalue weighted by molar-refractivity contribution is 5.92. The average Bonchev–Trinajstić information content (AvgIpc) is 2.61. The number of aromatic nitrogens is 3. The third-order valence-electron chi connectivity index (χ3n) is 4.08. The number of nitrogen functional groups attached to an aromatic ring is 1. The Hall–Kier alpha value is -2.70. The minimum atomic E-state index is -0.0843. The number of fused-ring (bicyclic) bond motifs is 1. The lowest BCUT2D eigenvalue weighted by molar-refractivity contribution is 0.0726. The lowest BCUT2D eigenvalue weighted by Crippen LogP contribution is -2.37. The van der Waals surface area contributed by atoms with E-state index in [2.05, 4.69) is 27.2 Å². The molecule has 7 heteroatoms. The number of nitrogens with two attached hydrogens (primary N) is 1. The number of pyridine rings is 1. The number of unbranched alkanes of at least 4 members (excludes halogenated alkanes) is 1. The zero-order valence-corrected chi connectivity index (χ0v) is 13.8. The topological polar surface area (TPSA) is 97.0 Å². The van der Waals surface area contributed by atoms with E-state index >= 15 is 0 Å². The summed E-state index contributed by atoms with van der Waals surface area (Å²) in [5.41, 5.74) is 8.17. The Bertz CT molecular complexity index is 719. The van der Waals surface area contributed by atoms with Crippen LogP contribution in [0.15, 0.2) is 24.4 Å². The zero-order valence-electron chi connectivity index (χ0n) is 13.8. The molecule has 2 aromatic heterocycles. The molecule has 0 aromatic carbocycles. The average molecular weight is 326 g/mol. The summed E-state index contributed by atoms with van der Waals surface area (Å²) in [5, 5.41) is 3.34. The Morgan fingerprint density at radius 1 is 1.38 bits per heavy atom. The van der Waals surface area contributed by atoms with Crippen LogP contribution in [-0.2, 0) is 13.0 Å². The van der Waals surface area contributed by atoms with Crippen molar-refractivity contribution in [1.29, 1.82) is 0 Å². The molecule has 0 spiro atoms. The Morgan fingerprint density at radius 3 is 3.00 bits per heavy atom. The molecule has 0 aliphatic carbocycles. The van der Waals surface area contributed by atoms with Crippen LogP contribution in [0.2, 0.25) is 0 Å². The summed E-state index contributed by atoms with van der Waals surface area (Å²) in [6, 6.07) is 5.34. The van der Waals surface area contributed by atoms with E-state index in [1.54, 1.807) is 23.2 Å². The fraction of sp³-hybridized carbons (Fsp3) is 0.412. The maximum atomic E-state index is 12.6. The highest BCUT2D eigenvalue weighted by Crippen LogP contribution is 2.25. The van der Waals surface area contributed by atoms with Gasteiger partial charge in [0.05, 0.1) is 12.2 Å². The highest BCUT2D eigenvalue weighted by Gasteiger charge is 2.26. The number of carbonyl (C=O) groups excluding carboxylic acids is 1. The van der Waals surface area contributed by atoms with Crippen molar-refractivity contribution >= 4 is 17.7 Å². The van der Waals surface area contributed by atoms with E-state index in [-0.39, 0.29) is 11.9 Å². The minimum absolute atomic E-state index is 0.0843. The molecule has 1 aliphatic heterocycles. The normalized spacial score (nSPS) is 13.5. The minimum Gasteiger partial charge on any atom is -0.370 e. The SMILES string of the molecule is CCCCNc1nc(N)nc2c1CCN(C(=O)c1ccccn1)C2. The Kier molecular flexibility index (Phi) is 4.88. The van der Waals surface area contributed by atoms with E-state index in [1.807, 2.05) is 6.07 Å². The number of rotatable bonds is 5. The Balaban J connectivity index is 1.79. The third kappa shape index (κ3) is 3.45.